The molecule has 2 fully saturated rings. The zero-order valence-electron chi connectivity index (χ0n) is 10.5. The minimum atomic E-state index is -0.649. The summed E-state index contributed by atoms with van der Waals surface area (Å²) in [6.07, 6.45) is 9.69. The van der Waals surface area contributed by atoms with Gasteiger partial charge in [0.15, 0.2) is 0 Å². The van der Waals surface area contributed by atoms with Gasteiger partial charge in [-0.05, 0) is 25.7 Å². The predicted molar refractivity (Wildman–Crippen MR) is 66.8 cm³/mol. The number of hydrogen-bond acceptors (Lipinski definition) is 2. The Bertz CT molecular complexity index is 256. The average molecular weight is 240 g/mol. The normalized spacial score (nSPS) is 24.5. The van der Waals surface area contributed by atoms with Crippen LogP contribution < -0.4 is 10.6 Å². The Labute approximate surface area is 103 Å². The average Bonchev–Trinajstić information content (AvgIpc) is 2.76. The Morgan fingerprint density at radius 1 is 1.12 bits per heavy atom. The number of urea groups is 1. The van der Waals surface area contributed by atoms with Crippen LogP contribution >= 0.6 is 0 Å². The smallest absolute Gasteiger partial charge is 0.315 e. The number of aliphatic hydroxyl groups is 1. The van der Waals surface area contributed by atoms with Gasteiger partial charge in [-0.15, -0.1) is 0 Å². The first kappa shape index (κ1) is 12.7. The molecule has 0 saturated heterocycles. The van der Waals surface area contributed by atoms with Gasteiger partial charge < -0.3 is 15.7 Å². The second kappa shape index (κ2) is 5.71. The van der Waals surface area contributed by atoms with E-state index < -0.39 is 5.60 Å². The van der Waals surface area contributed by atoms with Gasteiger partial charge in [0.1, 0.15) is 0 Å². The molecule has 4 heteroatoms. The summed E-state index contributed by atoms with van der Waals surface area (Å²) in [5.41, 5.74) is -0.649. The van der Waals surface area contributed by atoms with Crippen molar-refractivity contribution in [3.05, 3.63) is 0 Å². The molecule has 0 heterocycles. The molecule has 0 bridgehead atoms. The molecule has 0 aromatic heterocycles. The molecule has 98 valence electrons. The summed E-state index contributed by atoms with van der Waals surface area (Å²) in [7, 11) is 0. The second-order valence-electron chi connectivity index (χ2n) is 5.59. The fourth-order valence-electron chi connectivity index (χ4n) is 2.94. The van der Waals surface area contributed by atoms with Crippen LogP contribution in [-0.2, 0) is 0 Å². The Hall–Kier alpha value is -0.770. The molecule has 2 aliphatic rings. The fraction of sp³-hybridized carbons (Fsp3) is 0.923. The molecule has 2 saturated carbocycles. The van der Waals surface area contributed by atoms with Crippen molar-refractivity contribution < 1.29 is 9.90 Å². The maximum absolute atomic E-state index is 11.7. The summed E-state index contributed by atoms with van der Waals surface area (Å²) >= 11 is 0. The molecule has 0 spiro atoms. The van der Waals surface area contributed by atoms with Crippen LogP contribution in [0, 0.1) is 0 Å². The molecule has 0 unspecified atom stereocenters. The first-order valence-corrected chi connectivity index (χ1v) is 6.95. The fourth-order valence-corrected chi connectivity index (χ4v) is 2.94. The predicted octanol–water partition coefficient (Wildman–Crippen LogP) is 1.92. The first-order chi connectivity index (χ1) is 8.18. The van der Waals surface area contributed by atoms with Gasteiger partial charge in [-0.25, -0.2) is 4.79 Å². The van der Waals surface area contributed by atoms with Gasteiger partial charge in [-0.2, -0.15) is 0 Å². The summed E-state index contributed by atoms with van der Waals surface area (Å²) in [6.45, 7) is 0.394. The highest BCUT2D eigenvalue weighted by atomic mass is 16.3. The van der Waals surface area contributed by atoms with Gasteiger partial charge >= 0.3 is 6.03 Å². The number of nitrogens with one attached hydrogen (secondary N) is 2. The number of rotatable bonds is 3. The molecule has 4 nitrogen and oxygen atoms in total. The van der Waals surface area contributed by atoms with E-state index in [2.05, 4.69) is 10.6 Å². The van der Waals surface area contributed by atoms with Crippen LogP contribution in [0.1, 0.15) is 57.8 Å². The van der Waals surface area contributed by atoms with Crippen LogP contribution in [0.15, 0.2) is 0 Å². The lowest BCUT2D eigenvalue weighted by Gasteiger charge is -2.25. The molecule has 3 N–H and O–H groups in total. The van der Waals surface area contributed by atoms with E-state index >= 15 is 0 Å². The second-order valence-corrected chi connectivity index (χ2v) is 5.59. The quantitative estimate of drug-likeness (QED) is 0.706. The molecule has 0 aliphatic heterocycles. The maximum atomic E-state index is 11.7. The van der Waals surface area contributed by atoms with E-state index in [0.29, 0.717) is 12.6 Å². The van der Waals surface area contributed by atoms with Gasteiger partial charge in [0.25, 0.3) is 0 Å². The monoisotopic (exact) mass is 240 g/mol. The molecular formula is C13H24N2O2. The lowest BCUT2D eigenvalue weighted by atomic mass is 9.96. The van der Waals surface area contributed by atoms with Gasteiger partial charge in [-0.1, -0.05) is 32.1 Å². The Balaban J connectivity index is 1.66. The third-order valence-electron chi connectivity index (χ3n) is 4.05. The van der Waals surface area contributed by atoms with Gasteiger partial charge in [0, 0.05) is 12.6 Å². The molecule has 0 atom stereocenters. The molecule has 0 aromatic carbocycles. The number of carbonyl (C=O) groups excluding carboxylic acids is 1. The molecule has 2 rings (SSSR count). The van der Waals surface area contributed by atoms with Crippen LogP contribution in [-0.4, -0.2) is 29.3 Å². The molecular weight excluding hydrogens is 216 g/mol. The van der Waals surface area contributed by atoms with E-state index in [-0.39, 0.29) is 6.03 Å². The number of carbonyl (C=O) groups is 1. The van der Waals surface area contributed by atoms with Crippen molar-refractivity contribution in [2.75, 3.05) is 6.54 Å². The molecule has 0 radical (unpaired) electrons. The minimum absolute atomic E-state index is 0.114. The standard InChI is InChI=1S/C13H24N2O2/c16-12(15-11-6-2-1-3-7-11)14-10-13(17)8-4-5-9-13/h11,17H,1-10H2,(H2,14,15,16). The van der Waals surface area contributed by atoms with Gasteiger partial charge in [0.2, 0.25) is 0 Å². The maximum Gasteiger partial charge on any atom is 0.315 e. The molecule has 0 aromatic rings. The molecule has 17 heavy (non-hydrogen) atoms. The van der Waals surface area contributed by atoms with Crippen molar-refractivity contribution in [2.45, 2.75) is 69.4 Å². The van der Waals surface area contributed by atoms with Gasteiger partial charge in [-0.3, -0.25) is 0 Å². The Kier molecular flexibility index (Phi) is 4.26. The highest BCUT2D eigenvalue weighted by Crippen LogP contribution is 2.28. The lowest BCUT2D eigenvalue weighted by molar-refractivity contribution is 0.0499. The Morgan fingerprint density at radius 3 is 2.41 bits per heavy atom. The summed E-state index contributed by atoms with van der Waals surface area (Å²) in [5.74, 6) is 0. The third-order valence-corrected chi connectivity index (χ3v) is 4.05. The SMILES string of the molecule is O=C(NCC1(O)CCCC1)NC1CCCCC1. The zero-order chi connectivity index (χ0) is 12.1. The summed E-state index contributed by atoms with van der Waals surface area (Å²) in [6, 6.07) is 0.221. The number of amides is 2. The lowest BCUT2D eigenvalue weighted by Crippen LogP contribution is -2.48. The van der Waals surface area contributed by atoms with Crippen molar-refractivity contribution in [1.29, 1.82) is 0 Å². The third kappa shape index (κ3) is 3.87. The zero-order valence-corrected chi connectivity index (χ0v) is 10.5. The highest BCUT2D eigenvalue weighted by Gasteiger charge is 2.31. The van der Waals surface area contributed by atoms with Crippen LogP contribution in [0.2, 0.25) is 0 Å². The van der Waals surface area contributed by atoms with Crippen LogP contribution in [0.25, 0.3) is 0 Å². The van der Waals surface area contributed by atoms with E-state index in [1.807, 2.05) is 0 Å². The van der Waals surface area contributed by atoms with Crippen LogP contribution in [0.4, 0.5) is 4.79 Å². The largest absolute Gasteiger partial charge is 0.388 e. The molecule has 2 amide bonds. The molecule has 2 aliphatic carbocycles. The summed E-state index contributed by atoms with van der Waals surface area (Å²) < 4.78 is 0. The number of hydrogen-bond donors (Lipinski definition) is 3. The minimum Gasteiger partial charge on any atom is -0.388 e. The summed E-state index contributed by atoms with van der Waals surface area (Å²) in [4.78, 5) is 11.7. The first-order valence-electron chi connectivity index (χ1n) is 6.95. The summed E-state index contributed by atoms with van der Waals surface area (Å²) in [5, 5.41) is 15.9. The van der Waals surface area contributed by atoms with E-state index in [9.17, 15) is 9.90 Å². The van der Waals surface area contributed by atoms with Gasteiger partial charge in [0.05, 0.1) is 5.60 Å². The van der Waals surface area contributed by atoms with Crippen molar-refractivity contribution in [1.82, 2.24) is 10.6 Å². The Morgan fingerprint density at radius 2 is 1.76 bits per heavy atom. The van der Waals surface area contributed by atoms with Crippen LogP contribution in [0.3, 0.4) is 0 Å². The van der Waals surface area contributed by atoms with Crippen LogP contribution in [0.5, 0.6) is 0 Å². The topological polar surface area (TPSA) is 61.4 Å². The van der Waals surface area contributed by atoms with E-state index in [1.54, 1.807) is 0 Å². The van der Waals surface area contributed by atoms with Crippen molar-refractivity contribution in [2.24, 2.45) is 0 Å². The van der Waals surface area contributed by atoms with E-state index in [4.69, 9.17) is 0 Å². The highest BCUT2D eigenvalue weighted by molar-refractivity contribution is 5.74. The van der Waals surface area contributed by atoms with Crippen molar-refractivity contribution in [3.63, 3.8) is 0 Å². The van der Waals surface area contributed by atoms with E-state index in [1.165, 1.54) is 19.3 Å². The van der Waals surface area contributed by atoms with E-state index in [0.717, 1.165) is 38.5 Å². The van der Waals surface area contributed by atoms with Crippen molar-refractivity contribution in [3.8, 4) is 0 Å². The van der Waals surface area contributed by atoms with Crippen molar-refractivity contribution >= 4 is 6.03 Å².